The molecule has 1 aromatic carbocycles. The molecule has 0 atom stereocenters. The molecular formula is C13H16O. The zero-order valence-electron chi connectivity index (χ0n) is 10.1. The largest absolute Gasteiger partial charge is 0.461 e. The molecule has 14 heavy (non-hydrogen) atoms. The number of rotatable bonds is 0. The summed E-state index contributed by atoms with van der Waals surface area (Å²) in [7, 11) is 0. The van der Waals surface area contributed by atoms with Crippen molar-refractivity contribution >= 4 is 11.0 Å². The normalized spacial score (nSPS) is 13.3. The lowest BCUT2D eigenvalue weighted by Gasteiger charge is -2.18. The van der Waals surface area contributed by atoms with E-state index in [-0.39, 0.29) is 5.41 Å². The van der Waals surface area contributed by atoms with Crippen LogP contribution in [0.5, 0.6) is 0 Å². The molecule has 2 rings (SSSR count). The smallest absolute Gasteiger partial charge is 0.134 e. The van der Waals surface area contributed by atoms with Crippen molar-refractivity contribution in [2.75, 3.05) is 0 Å². The van der Waals surface area contributed by atoms with Crippen molar-refractivity contribution < 1.29 is 5.79 Å². The number of hydrogen-bond acceptors (Lipinski definition) is 1. The Morgan fingerprint density at radius 2 is 2.00 bits per heavy atom. The Morgan fingerprint density at radius 3 is 2.64 bits per heavy atom. The van der Waals surface area contributed by atoms with Gasteiger partial charge in [-0.2, -0.15) is 0 Å². The first kappa shape index (κ1) is 8.10. The topological polar surface area (TPSA) is 13.1 Å². The summed E-state index contributed by atoms with van der Waals surface area (Å²) in [6.07, 6.45) is 0. The summed E-state index contributed by atoms with van der Waals surface area (Å²) >= 11 is 0. The predicted octanol–water partition coefficient (Wildman–Crippen LogP) is 4.04. The van der Waals surface area contributed by atoms with Gasteiger partial charge in [0.25, 0.3) is 0 Å². The van der Waals surface area contributed by atoms with Crippen LogP contribution in [0.3, 0.4) is 0 Å². The lowest BCUT2D eigenvalue weighted by atomic mass is 9.86. The van der Waals surface area contributed by atoms with Gasteiger partial charge in [-0.05, 0) is 36.1 Å². The van der Waals surface area contributed by atoms with Crippen LogP contribution in [0, 0.1) is 6.92 Å². The van der Waals surface area contributed by atoms with E-state index in [1.54, 1.807) is 0 Å². The van der Waals surface area contributed by atoms with E-state index < -0.39 is 0 Å². The summed E-state index contributed by atoms with van der Waals surface area (Å²) in [6.45, 7) is 8.35. The number of aryl methyl sites for hydroxylation is 1. The third-order valence-corrected chi connectivity index (χ3v) is 2.42. The van der Waals surface area contributed by atoms with Crippen LogP contribution in [0.2, 0.25) is 0 Å². The fourth-order valence-corrected chi connectivity index (χ4v) is 1.56. The van der Waals surface area contributed by atoms with Crippen molar-refractivity contribution in [3.05, 3.63) is 35.6 Å². The van der Waals surface area contributed by atoms with Crippen LogP contribution in [0.4, 0.5) is 0 Å². The monoisotopic (exact) mass is 189 g/mol. The number of furan rings is 1. The molecule has 0 unspecified atom stereocenters. The van der Waals surface area contributed by atoms with Crippen molar-refractivity contribution in [1.29, 1.82) is 0 Å². The Bertz CT molecular complexity index is 503. The van der Waals surface area contributed by atoms with Gasteiger partial charge in [-0.25, -0.2) is 0 Å². The van der Waals surface area contributed by atoms with E-state index in [1.807, 2.05) is 13.0 Å². The van der Waals surface area contributed by atoms with Gasteiger partial charge in [-0.1, -0.05) is 26.8 Å². The second kappa shape index (κ2) is 2.88. The number of fused-ring (bicyclic) bond motifs is 1. The fraction of sp³-hybridized carbons (Fsp3) is 0.385. The summed E-state index contributed by atoms with van der Waals surface area (Å²) in [4.78, 5) is 0. The minimum absolute atomic E-state index is 0.117. The molecule has 1 aromatic heterocycles. The number of hydrogen-bond donors (Lipinski definition) is 0. The third-order valence-electron chi connectivity index (χ3n) is 2.42. The van der Waals surface area contributed by atoms with Gasteiger partial charge < -0.3 is 4.42 Å². The molecule has 1 nitrogen and oxygen atoms in total. The van der Waals surface area contributed by atoms with Crippen LogP contribution in [0.1, 0.15) is 33.5 Å². The SMILES string of the molecule is [2H]c1c(C)oc2ccc(C(C)(C)C)cc12. The zero-order valence-corrected chi connectivity index (χ0v) is 9.14. The van der Waals surface area contributed by atoms with Crippen molar-refractivity contribution in [1.82, 2.24) is 0 Å². The molecule has 0 N–H and O–H groups in total. The third kappa shape index (κ3) is 1.54. The molecule has 0 bridgehead atoms. The van der Waals surface area contributed by atoms with Crippen molar-refractivity contribution in [3.8, 4) is 0 Å². The Labute approximate surface area is 86.1 Å². The Hall–Kier alpha value is -1.24. The summed E-state index contributed by atoms with van der Waals surface area (Å²) < 4.78 is 13.4. The molecule has 0 aliphatic rings. The summed E-state index contributed by atoms with van der Waals surface area (Å²) in [5.41, 5.74) is 2.17. The van der Waals surface area contributed by atoms with Crippen LogP contribution >= 0.6 is 0 Å². The Balaban J connectivity index is 2.70. The first-order chi connectivity index (χ1) is 6.89. The van der Waals surface area contributed by atoms with Gasteiger partial charge in [-0.15, -0.1) is 0 Å². The summed E-state index contributed by atoms with van der Waals surface area (Å²) in [6, 6.07) is 6.61. The van der Waals surface area contributed by atoms with E-state index >= 15 is 0 Å². The summed E-state index contributed by atoms with van der Waals surface area (Å²) in [5, 5.41) is 0.917. The van der Waals surface area contributed by atoms with Crippen molar-refractivity contribution in [2.24, 2.45) is 0 Å². The molecule has 1 heterocycles. The van der Waals surface area contributed by atoms with E-state index in [9.17, 15) is 0 Å². The van der Waals surface area contributed by atoms with Crippen LogP contribution < -0.4 is 0 Å². The van der Waals surface area contributed by atoms with Crippen molar-refractivity contribution in [2.45, 2.75) is 33.1 Å². The average Bonchev–Trinajstić information content (AvgIpc) is 2.41. The molecule has 0 radical (unpaired) electrons. The Kier molecular flexibility index (Phi) is 1.66. The molecule has 0 amide bonds. The molecule has 0 saturated heterocycles. The predicted molar refractivity (Wildman–Crippen MR) is 59.7 cm³/mol. The van der Waals surface area contributed by atoms with E-state index in [2.05, 4.69) is 32.9 Å². The van der Waals surface area contributed by atoms with Crippen LogP contribution in [-0.4, -0.2) is 0 Å². The summed E-state index contributed by atoms with van der Waals surface area (Å²) in [5.74, 6) is 0.691. The van der Waals surface area contributed by atoms with E-state index in [0.29, 0.717) is 11.8 Å². The number of benzene rings is 1. The first-order valence-electron chi connectivity index (χ1n) is 5.40. The minimum Gasteiger partial charge on any atom is -0.461 e. The van der Waals surface area contributed by atoms with Gasteiger partial charge in [0.2, 0.25) is 0 Å². The molecule has 0 spiro atoms. The van der Waals surface area contributed by atoms with Gasteiger partial charge in [0.15, 0.2) is 0 Å². The highest BCUT2D eigenvalue weighted by atomic mass is 16.3. The van der Waals surface area contributed by atoms with Crippen LogP contribution in [0.15, 0.2) is 28.7 Å². The highest BCUT2D eigenvalue weighted by Crippen LogP contribution is 2.27. The molecule has 1 heteroatoms. The maximum Gasteiger partial charge on any atom is 0.134 e. The van der Waals surface area contributed by atoms with Crippen molar-refractivity contribution in [3.63, 3.8) is 0 Å². The zero-order chi connectivity index (χ0) is 11.2. The second-order valence-electron chi connectivity index (χ2n) is 4.74. The average molecular weight is 189 g/mol. The maximum absolute atomic E-state index is 7.88. The molecule has 2 aromatic rings. The highest BCUT2D eigenvalue weighted by Gasteiger charge is 2.14. The molecule has 74 valence electrons. The quantitative estimate of drug-likeness (QED) is 0.609. The lowest BCUT2D eigenvalue weighted by Crippen LogP contribution is -2.10. The molecule has 0 aliphatic carbocycles. The maximum atomic E-state index is 7.88. The lowest BCUT2D eigenvalue weighted by molar-refractivity contribution is 0.576. The van der Waals surface area contributed by atoms with Gasteiger partial charge in [0, 0.05) is 5.39 Å². The minimum atomic E-state index is 0.117. The van der Waals surface area contributed by atoms with Gasteiger partial charge in [0.1, 0.15) is 11.3 Å². The molecule has 0 aliphatic heterocycles. The van der Waals surface area contributed by atoms with Crippen LogP contribution in [-0.2, 0) is 5.41 Å². The fourth-order valence-electron chi connectivity index (χ4n) is 1.56. The molecule has 0 saturated carbocycles. The van der Waals surface area contributed by atoms with E-state index in [4.69, 9.17) is 5.79 Å². The first-order valence-corrected chi connectivity index (χ1v) is 4.90. The van der Waals surface area contributed by atoms with Gasteiger partial charge in [0.05, 0.1) is 1.37 Å². The molecular weight excluding hydrogens is 172 g/mol. The van der Waals surface area contributed by atoms with Gasteiger partial charge >= 0.3 is 0 Å². The standard InChI is InChI=1S/C13H16O/c1-9-7-10-8-11(13(2,3)4)5-6-12(10)14-9/h5-8H,1-4H3/i7D. The van der Waals surface area contributed by atoms with E-state index in [0.717, 1.165) is 11.0 Å². The highest BCUT2D eigenvalue weighted by molar-refractivity contribution is 5.78. The van der Waals surface area contributed by atoms with Crippen LogP contribution in [0.25, 0.3) is 11.0 Å². The Morgan fingerprint density at radius 1 is 1.29 bits per heavy atom. The molecule has 0 fully saturated rings. The second-order valence-corrected chi connectivity index (χ2v) is 4.74. The van der Waals surface area contributed by atoms with Gasteiger partial charge in [-0.3, -0.25) is 0 Å². The van der Waals surface area contributed by atoms with E-state index in [1.165, 1.54) is 5.56 Å².